The Hall–Kier alpha value is -1.62. The van der Waals surface area contributed by atoms with Crippen LogP contribution in [-0.2, 0) is 6.54 Å². The molecular weight excluding hydrogens is 320 g/mol. The minimum Gasteiger partial charge on any atom is -0.464 e. The molecule has 20 heavy (non-hydrogen) atoms. The van der Waals surface area contributed by atoms with E-state index in [1.807, 2.05) is 36.1 Å². The van der Waals surface area contributed by atoms with E-state index in [0.717, 1.165) is 24.4 Å². The van der Waals surface area contributed by atoms with Gasteiger partial charge >= 0.3 is 0 Å². The third-order valence-electron chi connectivity index (χ3n) is 3.30. The van der Waals surface area contributed by atoms with Crippen LogP contribution in [0, 0.1) is 6.92 Å². The summed E-state index contributed by atoms with van der Waals surface area (Å²) >= 11 is 3.30. The zero-order valence-corrected chi connectivity index (χ0v) is 12.8. The molecule has 0 aromatic carbocycles. The van der Waals surface area contributed by atoms with Crippen LogP contribution < -0.4 is 0 Å². The Morgan fingerprint density at radius 2 is 2.20 bits per heavy atom. The van der Waals surface area contributed by atoms with Crippen molar-refractivity contribution in [3.8, 4) is 0 Å². The lowest BCUT2D eigenvalue weighted by Crippen LogP contribution is -2.33. The molecule has 0 aliphatic heterocycles. The Labute approximate surface area is 125 Å². The van der Waals surface area contributed by atoms with Crippen LogP contribution in [0.4, 0.5) is 0 Å². The topological polar surface area (TPSA) is 46.3 Å². The molecule has 4 nitrogen and oxygen atoms in total. The van der Waals surface area contributed by atoms with E-state index < -0.39 is 0 Å². The highest BCUT2D eigenvalue weighted by Crippen LogP contribution is 2.30. The first-order valence-corrected chi connectivity index (χ1v) is 7.41. The van der Waals surface area contributed by atoms with E-state index >= 15 is 0 Å². The first-order chi connectivity index (χ1) is 9.63. The Bertz CT molecular complexity index is 634. The summed E-state index contributed by atoms with van der Waals surface area (Å²) in [6.07, 6.45) is 2.11. The number of carbonyl (C=O) groups excluding carboxylic acids is 1. The minimum absolute atomic E-state index is 0.0390. The molecule has 2 aromatic heterocycles. The average Bonchev–Trinajstić information content (AvgIpc) is 3.19. The molecule has 0 unspecified atom stereocenters. The van der Waals surface area contributed by atoms with Crippen LogP contribution in [0.1, 0.15) is 34.9 Å². The summed E-state index contributed by atoms with van der Waals surface area (Å²) in [5, 5.41) is 0. The fraction of sp³-hybridized carbons (Fsp3) is 0.333. The van der Waals surface area contributed by atoms with Gasteiger partial charge in [-0.1, -0.05) is 6.07 Å². The highest BCUT2D eigenvalue weighted by molar-refractivity contribution is 9.10. The van der Waals surface area contributed by atoms with Gasteiger partial charge in [-0.25, -0.2) is 4.98 Å². The predicted octanol–water partition coefficient (Wildman–Crippen LogP) is 3.55. The van der Waals surface area contributed by atoms with Crippen LogP contribution in [0.5, 0.6) is 0 Å². The number of hydrogen-bond donors (Lipinski definition) is 0. The second-order valence-electron chi connectivity index (χ2n) is 5.02. The van der Waals surface area contributed by atoms with Gasteiger partial charge in [0, 0.05) is 6.04 Å². The van der Waals surface area contributed by atoms with Gasteiger partial charge in [-0.3, -0.25) is 4.79 Å². The van der Waals surface area contributed by atoms with Crippen molar-refractivity contribution in [3.05, 3.63) is 52.1 Å². The zero-order valence-electron chi connectivity index (χ0n) is 11.2. The highest BCUT2D eigenvalue weighted by atomic mass is 79.9. The van der Waals surface area contributed by atoms with Crippen molar-refractivity contribution in [2.24, 2.45) is 0 Å². The summed E-state index contributed by atoms with van der Waals surface area (Å²) in [5.41, 5.74) is 0.467. The lowest BCUT2D eigenvalue weighted by atomic mass is 10.3. The largest absolute Gasteiger partial charge is 0.464 e. The maximum atomic E-state index is 12.6. The molecule has 5 heteroatoms. The van der Waals surface area contributed by atoms with E-state index in [9.17, 15) is 4.79 Å². The number of hydrogen-bond acceptors (Lipinski definition) is 3. The number of furan rings is 1. The summed E-state index contributed by atoms with van der Waals surface area (Å²) in [5.74, 6) is 1.64. The lowest BCUT2D eigenvalue weighted by Gasteiger charge is -2.20. The van der Waals surface area contributed by atoms with Gasteiger partial charge in [0.05, 0.1) is 6.54 Å². The molecule has 1 amide bonds. The Balaban J connectivity index is 1.81. The molecule has 0 saturated heterocycles. The van der Waals surface area contributed by atoms with E-state index in [2.05, 4.69) is 20.9 Å². The van der Waals surface area contributed by atoms with Gasteiger partial charge < -0.3 is 9.32 Å². The molecule has 0 radical (unpaired) electrons. The first-order valence-electron chi connectivity index (χ1n) is 6.62. The van der Waals surface area contributed by atoms with Crippen LogP contribution in [0.2, 0.25) is 0 Å². The summed E-state index contributed by atoms with van der Waals surface area (Å²) in [7, 11) is 0. The maximum Gasteiger partial charge on any atom is 0.273 e. The third kappa shape index (κ3) is 2.93. The number of carbonyl (C=O) groups is 1. The molecule has 3 rings (SSSR count). The number of aromatic nitrogens is 1. The number of halogens is 1. The molecule has 0 atom stereocenters. The number of aryl methyl sites for hydroxylation is 1. The molecule has 0 N–H and O–H groups in total. The van der Waals surface area contributed by atoms with Crippen LogP contribution in [0.3, 0.4) is 0 Å². The van der Waals surface area contributed by atoms with Crippen LogP contribution in [0.25, 0.3) is 0 Å². The molecule has 104 valence electrons. The van der Waals surface area contributed by atoms with Crippen LogP contribution in [-0.4, -0.2) is 21.8 Å². The number of nitrogens with zero attached hydrogens (tertiary/aromatic N) is 2. The van der Waals surface area contributed by atoms with Crippen molar-refractivity contribution in [1.82, 2.24) is 9.88 Å². The quantitative estimate of drug-likeness (QED) is 0.803. The standard InChI is InChI=1S/C15H15BrN2O2/c1-10-5-8-12(20-10)9-18(11-6-7-11)15(19)13-3-2-4-14(16)17-13/h2-5,8,11H,6-7,9H2,1H3. The highest BCUT2D eigenvalue weighted by Gasteiger charge is 2.34. The van der Waals surface area contributed by atoms with Crippen molar-refractivity contribution in [1.29, 1.82) is 0 Å². The fourth-order valence-corrected chi connectivity index (χ4v) is 2.51. The predicted molar refractivity (Wildman–Crippen MR) is 78.3 cm³/mol. The van der Waals surface area contributed by atoms with Crippen LogP contribution >= 0.6 is 15.9 Å². The van der Waals surface area contributed by atoms with E-state index in [1.165, 1.54) is 0 Å². The van der Waals surface area contributed by atoms with Gasteiger partial charge in [0.2, 0.25) is 0 Å². The Morgan fingerprint density at radius 1 is 1.40 bits per heavy atom. The maximum absolute atomic E-state index is 12.6. The van der Waals surface area contributed by atoms with E-state index in [0.29, 0.717) is 22.9 Å². The normalized spacial score (nSPS) is 14.3. The molecule has 1 fully saturated rings. The SMILES string of the molecule is Cc1ccc(CN(C(=O)c2cccc(Br)n2)C2CC2)o1. The van der Waals surface area contributed by atoms with E-state index in [4.69, 9.17) is 4.42 Å². The van der Waals surface area contributed by atoms with Crippen molar-refractivity contribution in [2.45, 2.75) is 32.4 Å². The second kappa shape index (κ2) is 5.40. The summed E-state index contributed by atoms with van der Waals surface area (Å²) in [6.45, 7) is 2.41. The third-order valence-corrected chi connectivity index (χ3v) is 3.75. The smallest absolute Gasteiger partial charge is 0.273 e. The lowest BCUT2D eigenvalue weighted by molar-refractivity contribution is 0.0710. The van der Waals surface area contributed by atoms with Gasteiger partial charge in [-0.2, -0.15) is 0 Å². The number of amides is 1. The van der Waals surface area contributed by atoms with Gasteiger partial charge in [-0.05, 0) is 60.0 Å². The first kappa shape index (κ1) is 13.4. The van der Waals surface area contributed by atoms with Gasteiger partial charge in [0.1, 0.15) is 21.8 Å². The monoisotopic (exact) mass is 334 g/mol. The zero-order chi connectivity index (χ0) is 14.1. The molecular formula is C15H15BrN2O2. The van der Waals surface area contributed by atoms with Crippen molar-refractivity contribution >= 4 is 21.8 Å². The summed E-state index contributed by atoms with van der Waals surface area (Å²) in [4.78, 5) is 18.7. The van der Waals surface area contributed by atoms with E-state index in [1.54, 1.807) is 6.07 Å². The molecule has 0 spiro atoms. The van der Waals surface area contributed by atoms with Gasteiger partial charge in [0.15, 0.2) is 0 Å². The van der Waals surface area contributed by atoms with Gasteiger partial charge in [-0.15, -0.1) is 0 Å². The number of pyridine rings is 1. The van der Waals surface area contributed by atoms with Crippen molar-refractivity contribution < 1.29 is 9.21 Å². The molecule has 1 saturated carbocycles. The van der Waals surface area contributed by atoms with Crippen LogP contribution in [0.15, 0.2) is 39.4 Å². The molecule has 1 aliphatic carbocycles. The Morgan fingerprint density at radius 3 is 2.80 bits per heavy atom. The molecule has 0 bridgehead atoms. The van der Waals surface area contributed by atoms with E-state index in [-0.39, 0.29) is 5.91 Å². The fourth-order valence-electron chi connectivity index (χ4n) is 2.17. The summed E-state index contributed by atoms with van der Waals surface area (Å²) in [6, 6.07) is 9.54. The Kier molecular flexibility index (Phi) is 3.61. The van der Waals surface area contributed by atoms with Gasteiger partial charge in [0.25, 0.3) is 5.91 Å². The average molecular weight is 335 g/mol. The molecule has 2 aromatic rings. The summed E-state index contributed by atoms with van der Waals surface area (Å²) < 4.78 is 6.25. The minimum atomic E-state index is -0.0390. The molecule has 2 heterocycles. The van der Waals surface area contributed by atoms with Crippen molar-refractivity contribution in [3.63, 3.8) is 0 Å². The number of rotatable bonds is 4. The van der Waals surface area contributed by atoms with Crippen molar-refractivity contribution in [2.75, 3.05) is 0 Å². The molecule has 1 aliphatic rings. The second-order valence-corrected chi connectivity index (χ2v) is 5.83.